The summed E-state index contributed by atoms with van der Waals surface area (Å²) in [6.07, 6.45) is 5.99. The number of benzene rings is 1. The van der Waals surface area contributed by atoms with Gasteiger partial charge in [0.15, 0.2) is 5.82 Å². The smallest absolute Gasteiger partial charge is 0.410 e. The molecule has 1 aromatic carbocycles. The van der Waals surface area contributed by atoms with Gasteiger partial charge in [0.05, 0.1) is 12.2 Å². The van der Waals surface area contributed by atoms with Crippen LogP contribution in [0.5, 0.6) is 5.75 Å². The Hall–Kier alpha value is -4.16. The van der Waals surface area contributed by atoms with Crippen molar-refractivity contribution in [3.63, 3.8) is 0 Å². The number of hydrogen-bond donors (Lipinski definition) is 0. The third kappa shape index (κ3) is 10.4. The van der Waals surface area contributed by atoms with E-state index >= 15 is 0 Å². The largest absolute Gasteiger partial charge is 0.492 e. The van der Waals surface area contributed by atoms with Crippen LogP contribution in [-0.4, -0.2) is 119 Å². The fourth-order valence-corrected chi connectivity index (χ4v) is 6.57. The molecule has 1 aromatic heterocycles. The zero-order valence-corrected chi connectivity index (χ0v) is 31.0. The topological polar surface area (TPSA) is 139 Å². The number of likely N-dealkylation sites (N-methyl/N-ethyl adjacent to an activating group) is 2. The molecular formula is C37H56N6O7. The Morgan fingerprint density at radius 1 is 1.06 bits per heavy atom. The molecule has 4 amide bonds. The van der Waals surface area contributed by atoms with Crippen LogP contribution in [0.3, 0.4) is 0 Å². The summed E-state index contributed by atoms with van der Waals surface area (Å²) in [6.45, 7) is 10.1. The van der Waals surface area contributed by atoms with Gasteiger partial charge in [0, 0.05) is 72.0 Å². The lowest BCUT2D eigenvalue weighted by Gasteiger charge is -2.42. The van der Waals surface area contributed by atoms with E-state index in [1.165, 1.54) is 4.90 Å². The van der Waals surface area contributed by atoms with Crippen LogP contribution in [0.25, 0.3) is 0 Å². The van der Waals surface area contributed by atoms with Crippen molar-refractivity contribution in [1.29, 1.82) is 0 Å². The Labute approximate surface area is 296 Å². The highest BCUT2D eigenvalue weighted by Gasteiger charge is 2.39. The summed E-state index contributed by atoms with van der Waals surface area (Å²) >= 11 is 0. The van der Waals surface area contributed by atoms with Gasteiger partial charge in [0.2, 0.25) is 17.7 Å². The molecular weight excluding hydrogens is 640 g/mol. The fourth-order valence-electron chi connectivity index (χ4n) is 6.57. The second kappa shape index (κ2) is 17.2. The molecule has 13 heteroatoms. The Balaban J connectivity index is 1.43. The maximum absolute atomic E-state index is 14.1. The minimum Gasteiger partial charge on any atom is -0.492 e. The van der Waals surface area contributed by atoms with Crippen molar-refractivity contribution in [2.45, 2.75) is 104 Å². The Bertz CT molecular complexity index is 1460. The van der Waals surface area contributed by atoms with E-state index < -0.39 is 11.6 Å². The molecule has 3 heterocycles. The molecule has 2 aromatic rings. The summed E-state index contributed by atoms with van der Waals surface area (Å²) < 4.78 is 17.3. The molecule has 0 saturated carbocycles. The molecule has 0 bridgehead atoms. The Kier molecular flexibility index (Phi) is 13.3. The summed E-state index contributed by atoms with van der Waals surface area (Å²) in [5.41, 5.74) is -0.339. The Morgan fingerprint density at radius 3 is 2.46 bits per heavy atom. The molecule has 2 aliphatic heterocycles. The summed E-state index contributed by atoms with van der Waals surface area (Å²) in [5, 5.41) is 3.88. The van der Waals surface area contributed by atoms with Crippen molar-refractivity contribution in [3.8, 4) is 5.75 Å². The van der Waals surface area contributed by atoms with E-state index in [-0.39, 0.29) is 35.7 Å². The van der Waals surface area contributed by atoms with Gasteiger partial charge in [0.25, 0.3) is 5.91 Å². The third-order valence-electron chi connectivity index (χ3n) is 9.80. The summed E-state index contributed by atoms with van der Waals surface area (Å²) in [5.74, 6) is 1.06. The summed E-state index contributed by atoms with van der Waals surface area (Å²) in [4.78, 5) is 64.5. The molecule has 50 heavy (non-hydrogen) atoms. The lowest BCUT2D eigenvalue weighted by molar-refractivity contribution is -0.134. The first-order chi connectivity index (χ1) is 23.7. The van der Waals surface area contributed by atoms with Gasteiger partial charge in [-0.05, 0) is 71.4 Å². The van der Waals surface area contributed by atoms with E-state index in [2.05, 4.69) is 10.1 Å². The molecule has 13 nitrogen and oxygen atoms in total. The number of likely N-dealkylation sites (tertiary alicyclic amines) is 1. The Morgan fingerprint density at radius 2 is 1.78 bits per heavy atom. The number of para-hydroxylation sites is 1. The monoisotopic (exact) mass is 696 g/mol. The number of hydrogen-bond acceptors (Lipinski definition) is 9. The van der Waals surface area contributed by atoms with Crippen LogP contribution in [0.15, 0.2) is 28.8 Å². The predicted molar refractivity (Wildman–Crippen MR) is 188 cm³/mol. The van der Waals surface area contributed by atoms with Gasteiger partial charge in [-0.3, -0.25) is 14.4 Å². The lowest BCUT2D eigenvalue weighted by Crippen LogP contribution is -2.49. The molecule has 2 aliphatic rings. The second-order valence-corrected chi connectivity index (χ2v) is 14.8. The van der Waals surface area contributed by atoms with Gasteiger partial charge in [-0.25, -0.2) is 4.79 Å². The van der Waals surface area contributed by atoms with Crippen LogP contribution in [0, 0.1) is 5.41 Å². The van der Waals surface area contributed by atoms with Gasteiger partial charge in [-0.1, -0.05) is 30.6 Å². The van der Waals surface area contributed by atoms with Crippen molar-refractivity contribution in [1.82, 2.24) is 29.7 Å². The number of rotatable bonds is 8. The molecule has 1 saturated heterocycles. The predicted octanol–water partition coefficient (Wildman–Crippen LogP) is 4.98. The average Bonchev–Trinajstić information content (AvgIpc) is 3.56. The first-order valence-electron chi connectivity index (χ1n) is 18.0. The molecule has 0 unspecified atom stereocenters. The first kappa shape index (κ1) is 38.6. The fraction of sp³-hybridized carbons (Fsp3) is 0.676. The number of aromatic nitrogens is 2. The van der Waals surface area contributed by atoms with Gasteiger partial charge in [0.1, 0.15) is 17.4 Å². The van der Waals surface area contributed by atoms with E-state index in [4.69, 9.17) is 14.0 Å². The van der Waals surface area contributed by atoms with Crippen LogP contribution in [0.4, 0.5) is 4.79 Å². The number of ether oxygens (including phenoxy) is 2. The third-order valence-corrected chi connectivity index (χ3v) is 9.80. The molecule has 4 rings (SSSR count). The highest BCUT2D eigenvalue weighted by molar-refractivity contribution is 5.99. The molecule has 1 spiro atoms. The zero-order valence-electron chi connectivity index (χ0n) is 31.0. The molecule has 0 aliphatic carbocycles. The van der Waals surface area contributed by atoms with E-state index in [0.717, 1.165) is 32.1 Å². The standard InChI is InChI=1S/C37H56N6O7/c1-8-30-38-31(50-39-30)17-18-32(44)40(5)23-13-15-28-34(46)41(6)22-12-11-19-37(20-24-43(25-21-37)35(47)49-36(2,3)4)26-48-29-16-10-9-14-27(29)33(45)42(28)7/h9-10,14,16,28H,8,11-13,15,17-26H2,1-7H3/t28-/m0/s1. The highest BCUT2D eigenvalue weighted by atomic mass is 16.6. The maximum atomic E-state index is 14.1. The van der Waals surface area contributed by atoms with E-state index in [0.29, 0.717) is 81.5 Å². The number of carbonyl (C=O) groups is 4. The molecule has 0 N–H and O–H groups in total. The van der Waals surface area contributed by atoms with Crippen LogP contribution >= 0.6 is 0 Å². The molecule has 1 fully saturated rings. The minimum absolute atomic E-state index is 0.0560. The number of aryl methyl sites for hydroxylation is 2. The highest BCUT2D eigenvalue weighted by Crippen LogP contribution is 2.38. The van der Waals surface area contributed by atoms with E-state index in [1.807, 2.05) is 33.8 Å². The van der Waals surface area contributed by atoms with E-state index in [9.17, 15) is 19.2 Å². The van der Waals surface area contributed by atoms with Gasteiger partial charge in [-0.15, -0.1) is 0 Å². The quantitative estimate of drug-likeness (QED) is 0.374. The van der Waals surface area contributed by atoms with E-state index in [1.54, 1.807) is 54.0 Å². The maximum Gasteiger partial charge on any atom is 0.410 e. The first-order valence-corrected chi connectivity index (χ1v) is 18.0. The SMILES string of the molecule is CCc1noc(CCC(=O)N(C)CCC[C@H]2C(=O)N(C)CCCCC3(CCN(C(=O)OC(C)(C)C)CC3)COc3ccccc3C(=O)N2C)n1. The van der Waals surface area contributed by atoms with Crippen molar-refractivity contribution < 1.29 is 33.2 Å². The lowest BCUT2D eigenvalue weighted by atomic mass is 9.75. The van der Waals surface area contributed by atoms with Crippen LogP contribution in [0.1, 0.15) is 101 Å². The summed E-state index contributed by atoms with van der Waals surface area (Å²) in [6, 6.07) is 6.48. The number of nitrogens with zero attached hydrogens (tertiary/aromatic N) is 6. The molecule has 1 atom stereocenters. The molecule has 0 radical (unpaired) electrons. The zero-order chi connectivity index (χ0) is 36.5. The van der Waals surface area contributed by atoms with Crippen molar-refractivity contribution in [2.24, 2.45) is 5.41 Å². The van der Waals surface area contributed by atoms with Crippen LogP contribution in [-0.2, 0) is 27.2 Å². The van der Waals surface area contributed by atoms with Crippen LogP contribution < -0.4 is 4.74 Å². The minimum atomic E-state index is -0.707. The molecule has 276 valence electrons. The normalized spacial score (nSPS) is 19.1. The van der Waals surface area contributed by atoms with Crippen molar-refractivity contribution >= 4 is 23.8 Å². The van der Waals surface area contributed by atoms with Gasteiger partial charge >= 0.3 is 6.09 Å². The second-order valence-electron chi connectivity index (χ2n) is 14.8. The number of amides is 4. The number of piperidine rings is 1. The number of fused-ring (bicyclic) bond motifs is 1. The average molecular weight is 697 g/mol. The van der Waals surface area contributed by atoms with Gasteiger partial charge in [-0.2, -0.15) is 4.98 Å². The van der Waals surface area contributed by atoms with Crippen molar-refractivity contribution in [2.75, 3.05) is 53.9 Å². The van der Waals surface area contributed by atoms with Gasteiger partial charge < -0.3 is 33.6 Å². The van der Waals surface area contributed by atoms with Crippen molar-refractivity contribution in [3.05, 3.63) is 41.5 Å². The summed E-state index contributed by atoms with van der Waals surface area (Å²) in [7, 11) is 5.20. The number of carbonyl (C=O) groups excluding carboxylic acids is 4. The van der Waals surface area contributed by atoms with Crippen LogP contribution in [0.2, 0.25) is 0 Å².